The summed E-state index contributed by atoms with van der Waals surface area (Å²) in [5.41, 5.74) is 5.62. The van der Waals surface area contributed by atoms with Gasteiger partial charge in [-0.1, -0.05) is 12.1 Å². The summed E-state index contributed by atoms with van der Waals surface area (Å²) in [5.74, 6) is -0.204. The van der Waals surface area contributed by atoms with Crippen LogP contribution >= 0.6 is 0 Å². The van der Waals surface area contributed by atoms with Crippen LogP contribution in [0.4, 0.5) is 15.8 Å². The lowest BCUT2D eigenvalue weighted by molar-refractivity contribution is 0.343. The molecule has 0 atom stereocenters. The third kappa shape index (κ3) is 3.26. The molecule has 3 nitrogen and oxygen atoms in total. The first-order valence-electron chi connectivity index (χ1n) is 8.46. The van der Waals surface area contributed by atoms with Crippen molar-refractivity contribution in [2.45, 2.75) is 6.54 Å². The normalized spacial score (nSPS) is 14.9. The lowest BCUT2D eigenvalue weighted by atomic mass is 10.0. The summed E-state index contributed by atoms with van der Waals surface area (Å²) in [6, 6.07) is 17.4. The van der Waals surface area contributed by atoms with Crippen molar-refractivity contribution in [2.24, 2.45) is 0 Å². The SMILES string of the molecule is CN1CCN(c2cccc(F)c2)c2ccc(-c3ccncc3)cc2C1. The molecule has 0 spiro atoms. The minimum atomic E-state index is -0.204. The maximum atomic E-state index is 13.7. The van der Waals surface area contributed by atoms with Gasteiger partial charge in [0.05, 0.1) is 0 Å². The van der Waals surface area contributed by atoms with Crippen LogP contribution in [-0.4, -0.2) is 30.0 Å². The predicted molar refractivity (Wildman–Crippen MR) is 99.4 cm³/mol. The third-order valence-electron chi connectivity index (χ3n) is 4.65. The largest absolute Gasteiger partial charge is 0.340 e. The first kappa shape index (κ1) is 15.8. The topological polar surface area (TPSA) is 19.4 Å². The molecule has 2 aromatic carbocycles. The lowest BCUT2D eigenvalue weighted by Crippen LogP contribution is -2.26. The van der Waals surface area contributed by atoms with Crippen LogP contribution in [0.15, 0.2) is 67.0 Å². The highest BCUT2D eigenvalue weighted by atomic mass is 19.1. The molecule has 4 heteroatoms. The number of benzene rings is 2. The van der Waals surface area contributed by atoms with E-state index in [2.05, 4.69) is 40.0 Å². The molecule has 0 fully saturated rings. The van der Waals surface area contributed by atoms with Crippen molar-refractivity contribution in [3.63, 3.8) is 0 Å². The number of anilines is 2. The van der Waals surface area contributed by atoms with Gasteiger partial charge in [-0.05, 0) is 66.2 Å². The average Bonchev–Trinajstić information content (AvgIpc) is 2.80. The Balaban J connectivity index is 1.79. The summed E-state index contributed by atoms with van der Waals surface area (Å²) in [7, 11) is 2.12. The number of halogens is 1. The molecular formula is C21H20FN3. The Morgan fingerprint density at radius 2 is 1.76 bits per heavy atom. The molecule has 0 aliphatic carbocycles. The molecule has 0 radical (unpaired) electrons. The minimum absolute atomic E-state index is 0.204. The number of rotatable bonds is 2. The van der Waals surface area contributed by atoms with E-state index in [1.165, 1.54) is 17.2 Å². The Labute approximate surface area is 147 Å². The van der Waals surface area contributed by atoms with E-state index in [1.54, 1.807) is 12.1 Å². The molecule has 1 aliphatic heterocycles. The summed E-state index contributed by atoms with van der Waals surface area (Å²) in [5, 5.41) is 0. The molecule has 2 heterocycles. The van der Waals surface area contributed by atoms with E-state index in [1.807, 2.05) is 30.6 Å². The second-order valence-corrected chi connectivity index (χ2v) is 6.45. The fourth-order valence-corrected chi connectivity index (χ4v) is 3.37. The van der Waals surface area contributed by atoms with E-state index in [9.17, 15) is 4.39 Å². The van der Waals surface area contributed by atoms with Gasteiger partial charge in [-0.2, -0.15) is 0 Å². The van der Waals surface area contributed by atoms with Crippen LogP contribution in [0.1, 0.15) is 5.56 Å². The summed E-state index contributed by atoms with van der Waals surface area (Å²) >= 11 is 0. The van der Waals surface area contributed by atoms with Crippen molar-refractivity contribution in [3.05, 3.63) is 78.4 Å². The van der Waals surface area contributed by atoms with Crippen LogP contribution in [0.3, 0.4) is 0 Å². The second kappa shape index (κ2) is 6.65. The van der Waals surface area contributed by atoms with Gasteiger partial charge in [0, 0.05) is 43.4 Å². The maximum absolute atomic E-state index is 13.7. The van der Waals surface area contributed by atoms with Crippen LogP contribution in [0.5, 0.6) is 0 Å². The van der Waals surface area contributed by atoms with Gasteiger partial charge in [0.2, 0.25) is 0 Å². The Bertz CT molecular complexity index is 879. The summed E-state index contributed by atoms with van der Waals surface area (Å²) < 4.78 is 13.7. The number of likely N-dealkylation sites (N-methyl/N-ethyl adjacent to an activating group) is 1. The van der Waals surface area contributed by atoms with Gasteiger partial charge in [-0.15, -0.1) is 0 Å². The summed E-state index contributed by atoms with van der Waals surface area (Å²) in [4.78, 5) is 8.60. The first-order chi connectivity index (χ1) is 12.2. The molecule has 0 unspecified atom stereocenters. The van der Waals surface area contributed by atoms with Crippen LogP contribution in [0, 0.1) is 5.82 Å². The van der Waals surface area contributed by atoms with Crippen molar-refractivity contribution >= 4 is 11.4 Å². The fourth-order valence-electron chi connectivity index (χ4n) is 3.37. The smallest absolute Gasteiger partial charge is 0.125 e. The molecule has 4 rings (SSSR count). The molecule has 1 aliphatic rings. The maximum Gasteiger partial charge on any atom is 0.125 e. The molecule has 0 N–H and O–H groups in total. The van der Waals surface area contributed by atoms with Crippen LogP contribution in [0.2, 0.25) is 0 Å². The zero-order valence-electron chi connectivity index (χ0n) is 14.2. The van der Waals surface area contributed by atoms with Gasteiger partial charge in [-0.25, -0.2) is 4.39 Å². The van der Waals surface area contributed by atoms with E-state index in [4.69, 9.17) is 0 Å². The Morgan fingerprint density at radius 3 is 2.56 bits per heavy atom. The first-order valence-corrected chi connectivity index (χ1v) is 8.46. The lowest BCUT2D eigenvalue weighted by Gasteiger charge is -2.25. The summed E-state index contributed by atoms with van der Waals surface area (Å²) in [6.45, 7) is 2.64. The molecule has 0 saturated heterocycles. The van der Waals surface area contributed by atoms with Crippen molar-refractivity contribution in [2.75, 3.05) is 25.0 Å². The molecule has 0 amide bonds. The standard InChI is InChI=1S/C21H20FN3/c1-24-11-12-25(20-4-2-3-19(22)14-20)21-6-5-17(13-18(21)15-24)16-7-9-23-10-8-16/h2-10,13-14H,11-12,15H2,1H3. The number of hydrogen-bond donors (Lipinski definition) is 0. The van der Waals surface area contributed by atoms with Crippen LogP contribution < -0.4 is 4.90 Å². The molecular weight excluding hydrogens is 313 g/mol. The Hall–Kier alpha value is -2.72. The quantitative estimate of drug-likeness (QED) is 0.690. The van der Waals surface area contributed by atoms with Crippen LogP contribution in [-0.2, 0) is 6.54 Å². The zero-order valence-corrected chi connectivity index (χ0v) is 14.2. The predicted octanol–water partition coefficient (Wildman–Crippen LogP) is 4.47. The van der Waals surface area contributed by atoms with Crippen molar-refractivity contribution < 1.29 is 4.39 Å². The second-order valence-electron chi connectivity index (χ2n) is 6.45. The molecule has 0 saturated carbocycles. The van der Waals surface area contributed by atoms with E-state index >= 15 is 0 Å². The highest BCUT2D eigenvalue weighted by Gasteiger charge is 2.20. The van der Waals surface area contributed by atoms with Gasteiger partial charge < -0.3 is 9.80 Å². The van der Waals surface area contributed by atoms with Crippen LogP contribution in [0.25, 0.3) is 11.1 Å². The van der Waals surface area contributed by atoms with Gasteiger partial charge in [0.25, 0.3) is 0 Å². The number of pyridine rings is 1. The Morgan fingerprint density at radius 1 is 0.920 bits per heavy atom. The highest BCUT2D eigenvalue weighted by molar-refractivity contribution is 5.73. The summed E-state index contributed by atoms with van der Waals surface area (Å²) in [6.07, 6.45) is 3.62. The average molecular weight is 333 g/mol. The zero-order chi connectivity index (χ0) is 17.2. The van der Waals surface area contributed by atoms with E-state index < -0.39 is 0 Å². The monoisotopic (exact) mass is 333 g/mol. The minimum Gasteiger partial charge on any atom is -0.340 e. The number of nitrogens with zero attached hydrogens (tertiary/aromatic N) is 3. The van der Waals surface area contributed by atoms with Gasteiger partial charge in [0.15, 0.2) is 0 Å². The molecule has 3 aromatic rings. The number of aromatic nitrogens is 1. The van der Waals surface area contributed by atoms with Crippen molar-refractivity contribution in [1.29, 1.82) is 0 Å². The molecule has 0 bridgehead atoms. The van der Waals surface area contributed by atoms with Crippen molar-refractivity contribution in [1.82, 2.24) is 9.88 Å². The van der Waals surface area contributed by atoms with E-state index in [0.29, 0.717) is 0 Å². The Kier molecular flexibility index (Phi) is 4.20. The highest BCUT2D eigenvalue weighted by Crippen LogP contribution is 2.34. The van der Waals surface area contributed by atoms with Gasteiger partial charge in [-0.3, -0.25) is 4.98 Å². The third-order valence-corrected chi connectivity index (χ3v) is 4.65. The number of fused-ring (bicyclic) bond motifs is 1. The van der Waals surface area contributed by atoms with Crippen molar-refractivity contribution in [3.8, 4) is 11.1 Å². The van der Waals surface area contributed by atoms with Gasteiger partial charge in [0.1, 0.15) is 5.82 Å². The number of hydrogen-bond acceptors (Lipinski definition) is 3. The molecule has 25 heavy (non-hydrogen) atoms. The van der Waals surface area contributed by atoms with Gasteiger partial charge >= 0.3 is 0 Å². The fraction of sp³-hybridized carbons (Fsp3) is 0.190. The van der Waals surface area contributed by atoms with E-state index in [0.717, 1.165) is 36.6 Å². The molecule has 1 aromatic heterocycles. The molecule has 126 valence electrons. The van der Waals surface area contributed by atoms with E-state index in [-0.39, 0.29) is 5.82 Å².